The van der Waals surface area contributed by atoms with Crippen molar-refractivity contribution >= 4 is 0 Å². The zero-order valence-electron chi connectivity index (χ0n) is 15.0. The lowest BCUT2D eigenvalue weighted by atomic mass is 9.95. The van der Waals surface area contributed by atoms with E-state index in [0.29, 0.717) is 12.6 Å². The van der Waals surface area contributed by atoms with Gasteiger partial charge in [-0.25, -0.2) is 4.98 Å². The summed E-state index contributed by atoms with van der Waals surface area (Å²) in [4.78, 5) is 6.60. The van der Waals surface area contributed by atoms with Crippen LogP contribution in [0.25, 0.3) is 0 Å². The van der Waals surface area contributed by atoms with Crippen LogP contribution in [0.2, 0.25) is 0 Å². The molecule has 5 nitrogen and oxygen atoms in total. The summed E-state index contributed by atoms with van der Waals surface area (Å²) in [6.07, 6.45) is 9.73. The number of phenols is 1. The van der Waals surface area contributed by atoms with Gasteiger partial charge in [0.2, 0.25) is 0 Å². The Balaban J connectivity index is 1.65. The first-order valence-corrected chi connectivity index (χ1v) is 9.37. The first-order chi connectivity index (χ1) is 12.2. The molecule has 0 unspecified atom stereocenters. The maximum absolute atomic E-state index is 10.5. The van der Waals surface area contributed by atoms with E-state index in [1.807, 2.05) is 18.6 Å². The summed E-state index contributed by atoms with van der Waals surface area (Å²) in [7, 11) is 0. The molecule has 0 spiro atoms. The highest BCUT2D eigenvalue weighted by atomic mass is 16.3. The van der Waals surface area contributed by atoms with Crippen LogP contribution >= 0.6 is 0 Å². The lowest BCUT2D eigenvalue weighted by Crippen LogP contribution is -2.29. The van der Waals surface area contributed by atoms with Crippen LogP contribution in [-0.4, -0.2) is 37.8 Å². The van der Waals surface area contributed by atoms with Crippen LogP contribution in [0.3, 0.4) is 0 Å². The van der Waals surface area contributed by atoms with Gasteiger partial charge in [0, 0.05) is 25.3 Å². The summed E-state index contributed by atoms with van der Waals surface area (Å²) in [6, 6.07) is 7.44. The molecule has 1 atom stereocenters. The monoisotopic (exact) mass is 343 g/mol. The molecule has 0 radical (unpaired) electrons. The number of imidazole rings is 1. The van der Waals surface area contributed by atoms with Gasteiger partial charge in [0.05, 0.1) is 18.1 Å². The minimum absolute atomic E-state index is 0.190. The minimum Gasteiger partial charge on any atom is -0.508 e. The van der Waals surface area contributed by atoms with E-state index >= 15 is 0 Å². The van der Waals surface area contributed by atoms with Gasteiger partial charge in [0.15, 0.2) is 0 Å². The van der Waals surface area contributed by atoms with Gasteiger partial charge >= 0.3 is 0 Å². The van der Waals surface area contributed by atoms with Crippen molar-refractivity contribution in [2.75, 3.05) is 13.1 Å². The van der Waals surface area contributed by atoms with Crippen LogP contribution < -0.4 is 0 Å². The van der Waals surface area contributed by atoms with E-state index in [1.54, 1.807) is 18.2 Å². The molecule has 0 bridgehead atoms. The molecule has 2 aromatic rings. The number of rotatable bonds is 7. The molecule has 1 aliphatic carbocycles. The lowest BCUT2D eigenvalue weighted by molar-refractivity contribution is 0.110. The molecule has 3 rings (SSSR count). The SMILES string of the molecule is CCN(Cc1cncn1C1CCCCC1)C[C@@H](O)c1cccc(O)c1. The van der Waals surface area contributed by atoms with Gasteiger partial charge in [0.1, 0.15) is 5.75 Å². The summed E-state index contributed by atoms with van der Waals surface area (Å²) in [5.41, 5.74) is 1.97. The molecule has 2 N–H and O–H groups in total. The highest BCUT2D eigenvalue weighted by Gasteiger charge is 2.20. The van der Waals surface area contributed by atoms with Crippen LogP contribution in [0.4, 0.5) is 0 Å². The molecule has 5 heteroatoms. The van der Waals surface area contributed by atoms with Crippen molar-refractivity contribution in [3.63, 3.8) is 0 Å². The Hall–Kier alpha value is -1.85. The number of aliphatic hydroxyl groups excluding tert-OH is 1. The standard InChI is InChI=1S/C20H29N3O2/c1-2-22(14-20(25)16-7-6-10-19(24)11-16)13-18-12-21-15-23(18)17-8-4-3-5-9-17/h6-7,10-12,15,17,20,24-25H,2-5,8-9,13-14H2,1H3/t20-/m1/s1. The highest BCUT2D eigenvalue weighted by molar-refractivity contribution is 5.28. The highest BCUT2D eigenvalue weighted by Crippen LogP contribution is 2.29. The molecule has 1 saturated carbocycles. The fourth-order valence-corrected chi connectivity index (χ4v) is 3.76. The smallest absolute Gasteiger partial charge is 0.115 e. The maximum Gasteiger partial charge on any atom is 0.115 e. The number of benzene rings is 1. The van der Waals surface area contributed by atoms with E-state index in [-0.39, 0.29) is 5.75 Å². The van der Waals surface area contributed by atoms with Crippen molar-refractivity contribution in [1.82, 2.24) is 14.5 Å². The summed E-state index contributed by atoms with van der Waals surface area (Å²) in [5, 5.41) is 20.1. The first kappa shape index (κ1) is 18.0. The Morgan fingerprint density at radius 2 is 2.08 bits per heavy atom. The van der Waals surface area contributed by atoms with Crippen LogP contribution in [0, 0.1) is 0 Å². The second-order valence-corrected chi connectivity index (χ2v) is 7.02. The van der Waals surface area contributed by atoms with Crippen LogP contribution in [0.1, 0.15) is 62.4 Å². The maximum atomic E-state index is 10.5. The van der Waals surface area contributed by atoms with Crippen LogP contribution in [0.15, 0.2) is 36.8 Å². The Labute approximate surface area is 149 Å². The van der Waals surface area contributed by atoms with Crippen molar-refractivity contribution in [2.24, 2.45) is 0 Å². The zero-order chi connectivity index (χ0) is 17.6. The van der Waals surface area contributed by atoms with E-state index in [2.05, 4.69) is 21.4 Å². The summed E-state index contributed by atoms with van der Waals surface area (Å²) in [6.45, 7) is 4.28. The van der Waals surface area contributed by atoms with Crippen molar-refractivity contribution in [2.45, 2.75) is 57.7 Å². The summed E-state index contributed by atoms with van der Waals surface area (Å²) < 4.78 is 2.34. The molecular formula is C20H29N3O2. The zero-order valence-corrected chi connectivity index (χ0v) is 15.0. The molecule has 0 aliphatic heterocycles. The Kier molecular flexibility index (Phi) is 6.10. The van der Waals surface area contributed by atoms with E-state index in [1.165, 1.54) is 37.8 Å². The van der Waals surface area contributed by atoms with Crippen molar-refractivity contribution in [3.8, 4) is 5.75 Å². The van der Waals surface area contributed by atoms with Gasteiger partial charge in [-0.2, -0.15) is 0 Å². The Morgan fingerprint density at radius 1 is 1.28 bits per heavy atom. The normalized spacial score (nSPS) is 17.1. The van der Waals surface area contributed by atoms with Crippen LogP contribution in [-0.2, 0) is 6.54 Å². The Morgan fingerprint density at radius 3 is 2.80 bits per heavy atom. The van der Waals surface area contributed by atoms with Crippen LogP contribution in [0.5, 0.6) is 5.75 Å². The predicted molar refractivity (Wildman–Crippen MR) is 98.4 cm³/mol. The molecule has 25 heavy (non-hydrogen) atoms. The number of aromatic nitrogens is 2. The molecule has 1 fully saturated rings. The van der Waals surface area contributed by atoms with Gasteiger partial charge < -0.3 is 14.8 Å². The molecular weight excluding hydrogens is 314 g/mol. The molecule has 0 saturated heterocycles. The molecule has 136 valence electrons. The largest absolute Gasteiger partial charge is 0.508 e. The fourth-order valence-electron chi connectivity index (χ4n) is 3.76. The third-order valence-corrected chi connectivity index (χ3v) is 5.23. The van der Waals surface area contributed by atoms with Crippen molar-refractivity contribution in [1.29, 1.82) is 0 Å². The number of nitrogens with zero attached hydrogens (tertiary/aromatic N) is 3. The van der Waals surface area contributed by atoms with Gasteiger partial charge in [-0.3, -0.25) is 4.90 Å². The third-order valence-electron chi connectivity index (χ3n) is 5.23. The molecule has 1 heterocycles. The van der Waals surface area contributed by atoms with E-state index in [4.69, 9.17) is 0 Å². The average molecular weight is 343 g/mol. The number of likely N-dealkylation sites (N-methyl/N-ethyl adjacent to an activating group) is 1. The molecule has 1 aromatic heterocycles. The predicted octanol–water partition coefficient (Wildman–Crippen LogP) is 3.65. The quantitative estimate of drug-likeness (QED) is 0.805. The lowest BCUT2D eigenvalue weighted by Gasteiger charge is -2.28. The van der Waals surface area contributed by atoms with Gasteiger partial charge in [0.25, 0.3) is 0 Å². The second kappa shape index (κ2) is 8.50. The van der Waals surface area contributed by atoms with Gasteiger partial charge in [-0.15, -0.1) is 0 Å². The van der Waals surface area contributed by atoms with E-state index < -0.39 is 6.10 Å². The molecule has 0 amide bonds. The summed E-state index contributed by atoms with van der Waals surface area (Å²) in [5.74, 6) is 0.190. The average Bonchev–Trinajstić information content (AvgIpc) is 3.10. The first-order valence-electron chi connectivity index (χ1n) is 9.37. The number of hydrogen-bond donors (Lipinski definition) is 2. The molecule has 1 aliphatic rings. The number of hydrogen-bond acceptors (Lipinski definition) is 4. The van der Waals surface area contributed by atoms with E-state index in [0.717, 1.165) is 18.7 Å². The number of aliphatic hydroxyl groups is 1. The minimum atomic E-state index is -0.613. The van der Waals surface area contributed by atoms with Crippen molar-refractivity contribution in [3.05, 3.63) is 48.0 Å². The number of aromatic hydroxyl groups is 1. The third kappa shape index (κ3) is 4.61. The topological polar surface area (TPSA) is 61.5 Å². The molecule has 1 aromatic carbocycles. The van der Waals surface area contributed by atoms with Gasteiger partial charge in [-0.05, 0) is 37.1 Å². The van der Waals surface area contributed by atoms with E-state index in [9.17, 15) is 10.2 Å². The number of phenolic OH excluding ortho intramolecular Hbond substituents is 1. The van der Waals surface area contributed by atoms with Gasteiger partial charge in [-0.1, -0.05) is 38.3 Å². The Bertz CT molecular complexity index is 664. The second-order valence-electron chi connectivity index (χ2n) is 7.02. The van der Waals surface area contributed by atoms with Crippen molar-refractivity contribution < 1.29 is 10.2 Å². The summed E-state index contributed by atoms with van der Waals surface area (Å²) >= 11 is 0. The fraction of sp³-hybridized carbons (Fsp3) is 0.550.